The quantitative estimate of drug-likeness (QED) is 0.704. The zero-order chi connectivity index (χ0) is 13.8. The standard InChI is InChI=1S/C14H24N2O2/c1-14(2,3)13(7-8-17)16-12-9-10(18-4)5-6-11(12)15/h5-6,9,13,16-17H,7-8,15H2,1-4H3. The highest BCUT2D eigenvalue weighted by Gasteiger charge is 2.24. The molecule has 4 N–H and O–H groups in total. The summed E-state index contributed by atoms with van der Waals surface area (Å²) in [7, 11) is 1.63. The van der Waals surface area contributed by atoms with Gasteiger partial charge in [-0.05, 0) is 24.0 Å². The zero-order valence-electron chi connectivity index (χ0n) is 11.7. The molecular weight excluding hydrogens is 228 g/mol. The average Bonchev–Trinajstić information content (AvgIpc) is 2.30. The van der Waals surface area contributed by atoms with Crippen LogP contribution in [0.3, 0.4) is 0 Å². The first kappa shape index (κ1) is 14.6. The van der Waals surface area contributed by atoms with E-state index in [0.29, 0.717) is 12.1 Å². The first-order chi connectivity index (χ1) is 8.38. The maximum Gasteiger partial charge on any atom is 0.121 e. The third-order valence-electron chi connectivity index (χ3n) is 3.05. The van der Waals surface area contributed by atoms with Crippen molar-refractivity contribution in [3.63, 3.8) is 0 Å². The number of nitrogens with one attached hydrogen (secondary N) is 1. The number of aliphatic hydroxyl groups excluding tert-OH is 1. The van der Waals surface area contributed by atoms with Gasteiger partial charge in [-0.15, -0.1) is 0 Å². The molecule has 1 aromatic carbocycles. The van der Waals surface area contributed by atoms with Gasteiger partial charge in [0.2, 0.25) is 0 Å². The van der Waals surface area contributed by atoms with Crippen molar-refractivity contribution < 1.29 is 9.84 Å². The third kappa shape index (κ3) is 3.81. The Morgan fingerprint density at radius 1 is 1.39 bits per heavy atom. The Labute approximate surface area is 109 Å². The van der Waals surface area contributed by atoms with Gasteiger partial charge in [0.1, 0.15) is 5.75 Å². The molecule has 0 radical (unpaired) electrons. The van der Waals surface area contributed by atoms with Crippen molar-refractivity contribution >= 4 is 11.4 Å². The van der Waals surface area contributed by atoms with Crippen LogP contribution >= 0.6 is 0 Å². The number of nitrogen functional groups attached to an aromatic ring is 1. The number of hydrogen-bond donors (Lipinski definition) is 3. The Hall–Kier alpha value is -1.42. The number of nitrogens with two attached hydrogens (primary N) is 1. The minimum absolute atomic E-state index is 0.0399. The number of rotatable bonds is 5. The van der Waals surface area contributed by atoms with Crippen LogP contribution in [-0.2, 0) is 0 Å². The number of methoxy groups -OCH3 is 1. The van der Waals surface area contributed by atoms with E-state index in [9.17, 15) is 0 Å². The molecule has 4 nitrogen and oxygen atoms in total. The van der Waals surface area contributed by atoms with E-state index in [0.717, 1.165) is 11.4 Å². The fourth-order valence-corrected chi connectivity index (χ4v) is 1.83. The van der Waals surface area contributed by atoms with Crippen molar-refractivity contribution in [3.05, 3.63) is 18.2 Å². The van der Waals surface area contributed by atoms with Gasteiger partial charge in [0.05, 0.1) is 18.5 Å². The molecule has 0 fully saturated rings. The Balaban J connectivity index is 2.92. The fourth-order valence-electron chi connectivity index (χ4n) is 1.83. The van der Waals surface area contributed by atoms with Crippen LogP contribution in [0, 0.1) is 5.41 Å². The molecule has 4 heteroatoms. The second-order valence-corrected chi connectivity index (χ2v) is 5.53. The molecule has 1 rings (SSSR count). The van der Waals surface area contributed by atoms with Crippen LogP contribution in [0.4, 0.5) is 11.4 Å². The Morgan fingerprint density at radius 2 is 2.06 bits per heavy atom. The minimum Gasteiger partial charge on any atom is -0.497 e. The molecule has 0 aliphatic heterocycles. The van der Waals surface area contributed by atoms with Crippen molar-refractivity contribution in [1.82, 2.24) is 0 Å². The molecule has 1 atom stereocenters. The van der Waals surface area contributed by atoms with E-state index in [2.05, 4.69) is 26.1 Å². The van der Waals surface area contributed by atoms with Crippen molar-refractivity contribution in [2.45, 2.75) is 33.2 Å². The summed E-state index contributed by atoms with van der Waals surface area (Å²) < 4.78 is 5.19. The molecule has 0 aromatic heterocycles. The predicted octanol–water partition coefficient (Wildman–Crippen LogP) is 2.49. The van der Waals surface area contributed by atoms with E-state index in [-0.39, 0.29) is 18.1 Å². The average molecular weight is 252 g/mol. The van der Waals surface area contributed by atoms with Gasteiger partial charge in [-0.1, -0.05) is 20.8 Å². The third-order valence-corrected chi connectivity index (χ3v) is 3.05. The van der Waals surface area contributed by atoms with Crippen LogP contribution in [0.2, 0.25) is 0 Å². The highest BCUT2D eigenvalue weighted by Crippen LogP contribution is 2.30. The van der Waals surface area contributed by atoms with Gasteiger partial charge in [-0.2, -0.15) is 0 Å². The largest absolute Gasteiger partial charge is 0.497 e. The summed E-state index contributed by atoms with van der Waals surface area (Å²) in [5.41, 5.74) is 7.52. The summed E-state index contributed by atoms with van der Waals surface area (Å²) >= 11 is 0. The van der Waals surface area contributed by atoms with Crippen LogP contribution in [0.5, 0.6) is 5.75 Å². The zero-order valence-corrected chi connectivity index (χ0v) is 11.7. The lowest BCUT2D eigenvalue weighted by Crippen LogP contribution is -2.35. The smallest absolute Gasteiger partial charge is 0.121 e. The summed E-state index contributed by atoms with van der Waals surface area (Å²) in [5, 5.41) is 12.6. The normalized spacial score (nSPS) is 13.2. The highest BCUT2D eigenvalue weighted by atomic mass is 16.5. The number of anilines is 2. The van der Waals surface area contributed by atoms with Gasteiger partial charge in [-0.25, -0.2) is 0 Å². The van der Waals surface area contributed by atoms with Crippen molar-refractivity contribution in [2.24, 2.45) is 5.41 Å². The first-order valence-corrected chi connectivity index (χ1v) is 6.19. The van der Waals surface area contributed by atoms with Gasteiger partial charge in [-0.3, -0.25) is 0 Å². The fraction of sp³-hybridized carbons (Fsp3) is 0.571. The lowest BCUT2D eigenvalue weighted by Gasteiger charge is -2.32. The molecule has 0 aliphatic rings. The topological polar surface area (TPSA) is 67.5 Å². The molecule has 0 amide bonds. The molecule has 1 unspecified atom stereocenters. The van der Waals surface area contributed by atoms with Gasteiger partial charge in [0.25, 0.3) is 0 Å². The number of hydrogen-bond acceptors (Lipinski definition) is 4. The second kappa shape index (κ2) is 5.96. The summed E-state index contributed by atoms with van der Waals surface area (Å²) in [5.74, 6) is 0.767. The first-order valence-electron chi connectivity index (χ1n) is 6.19. The van der Waals surface area contributed by atoms with E-state index in [4.69, 9.17) is 15.6 Å². The van der Waals surface area contributed by atoms with Crippen molar-refractivity contribution in [1.29, 1.82) is 0 Å². The molecule has 0 heterocycles. The molecule has 1 aromatic rings. The summed E-state index contributed by atoms with van der Waals surface area (Å²) in [6.45, 7) is 6.56. The van der Waals surface area contributed by atoms with Gasteiger partial charge in [0, 0.05) is 18.7 Å². The second-order valence-electron chi connectivity index (χ2n) is 5.53. The van der Waals surface area contributed by atoms with Gasteiger partial charge < -0.3 is 20.9 Å². The predicted molar refractivity (Wildman–Crippen MR) is 76.0 cm³/mol. The van der Waals surface area contributed by atoms with Crippen LogP contribution < -0.4 is 15.8 Å². The number of benzene rings is 1. The van der Waals surface area contributed by atoms with Gasteiger partial charge in [0.15, 0.2) is 0 Å². The van der Waals surface area contributed by atoms with E-state index in [1.54, 1.807) is 7.11 Å². The highest BCUT2D eigenvalue weighted by molar-refractivity contribution is 5.68. The maximum atomic E-state index is 9.15. The van der Waals surface area contributed by atoms with E-state index in [1.165, 1.54) is 0 Å². The molecule has 0 spiro atoms. The number of ether oxygens (including phenoxy) is 1. The minimum atomic E-state index is 0.0399. The van der Waals surface area contributed by atoms with E-state index in [1.807, 2.05) is 18.2 Å². The molecule has 18 heavy (non-hydrogen) atoms. The monoisotopic (exact) mass is 252 g/mol. The summed E-state index contributed by atoms with van der Waals surface area (Å²) in [4.78, 5) is 0. The number of aliphatic hydroxyl groups is 1. The summed E-state index contributed by atoms with van der Waals surface area (Å²) in [6, 6.07) is 5.68. The van der Waals surface area contributed by atoms with Crippen LogP contribution in [0.25, 0.3) is 0 Å². The van der Waals surface area contributed by atoms with Gasteiger partial charge >= 0.3 is 0 Å². The van der Waals surface area contributed by atoms with Crippen LogP contribution in [-0.4, -0.2) is 24.9 Å². The van der Waals surface area contributed by atoms with Crippen molar-refractivity contribution in [3.8, 4) is 5.75 Å². The van der Waals surface area contributed by atoms with E-state index >= 15 is 0 Å². The molecule has 0 saturated heterocycles. The Morgan fingerprint density at radius 3 is 2.56 bits per heavy atom. The van der Waals surface area contributed by atoms with E-state index < -0.39 is 0 Å². The summed E-state index contributed by atoms with van der Waals surface area (Å²) in [6.07, 6.45) is 0.681. The molecule has 0 bridgehead atoms. The Kier molecular flexibility index (Phi) is 4.84. The molecular formula is C14H24N2O2. The Bertz CT molecular complexity index is 386. The molecule has 0 saturated carbocycles. The SMILES string of the molecule is COc1ccc(N)c(NC(CCO)C(C)(C)C)c1. The van der Waals surface area contributed by atoms with Crippen LogP contribution in [0.15, 0.2) is 18.2 Å². The molecule has 0 aliphatic carbocycles. The van der Waals surface area contributed by atoms with Crippen molar-refractivity contribution in [2.75, 3.05) is 24.8 Å². The molecule has 102 valence electrons. The lowest BCUT2D eigenvalue weighted by molar-refractivity contribution is 0.235. The lowest BCUT2D eigenvalue weighted by atomic mass is 9.84. The van der Waals surface area contributed by atoms with Crippen LogP contribution in [0.1, 0.15) is 27.2 Å². The maximum absolute atomic E-state index is 9.15.